The molecule has 0 aliphatic carbocycles. The quantitative estimate of drug-likeness (QED) is 0.512. The maximum absolute atomic E-state index is 7.88. The molecule has 0 N–H and O–H groups in total. The summed E-state index contributed by atoms with van der Waals surface area (Å²) in [5.41, 5.74) is -0.145. The van der Waals surface area contributed by atoms with Crippen molar-refractivity contribution in [3.05, 3.63) is 12.1 Å². The maximum Gasteiger partial charge on any atom is 0.0537 e. The summed E-state index contributed by atoms with van der Waals surface area (Å²) in [7, 11) is 0. The average Bonchev–Trinajstić information content (AvgIpc) is 2.24. The standard InChI is InChI=1S/C11H22/c1-5-11(6-2)9-7-8-10(3)4/h11H,3,5-9H2,1-2,4H3/i3D2,7D2,8D2. The molecule has 0 heteroatoms. The van der Waals surface area contributed by atoms with Gasteiger partial charge in [-0.25, -0.2) is 0 Å². The van der Waals surface area contributed by atoms with Gasteiger partial charge in [-0.1, -0.05) is 38.7 Å². The Morgan fingerprint density at radius 1 is 1.55 bits per heavy atom. The Morgan fingerprint density at radius 2 is 2.18 bits per heavy atom. The Bertz CT molecular complexity index is 274. The summed E-state index contributed by atoms with van der Waals surface area (Å²) >= 11 is 0. The Labute approximate surface area is 80.1 Å². The van der Waals surface area contributed by atoms with Gasteiger partial charge in [0.2, 0.25) is 0 Å². The van der Waals surface area contributed by atoms with Gasteiger partial charge in [-0.2, -0.15) is 0 Å². The van der Waals surface area contributed by atoms with Crippen LogP contribution in [0.5, 0.6) is 0 Å². The van der Waals surface area contributed by atoms with Crippen LogP contribution in [0, 0.1) is 5.92 Å². The molecule has 0 spiro atoms. The van der Waals surface area contributed by atoms with Crippen LogP contribution >= 0.6 is 0 Å². The second-order valence-corrected chi connectivity index (χ2v) is 2.81. The predicted octanol–water partition coefficient (Wildman–Crippen LogP) is 4.17. The fraction of sp³-hybridized carbons (Fsp3) is 0.818. The van der Waals surface area contributed by atoms with E-state index in [0.29, 0.717) is 0 Å². The third kappa shape index (κ3) is 6.15. The van der Waals surface area contributed by atoms with E-state index in [4.69, 9.17) is 8.22 Å². The number of rotatable bonds is 6. The summed E-state index contributed by atoms with van der Waals surface area (Å²) in [5.74, 6) is 0.132. The molecular weight excluding hydrogens is 132 g/mol. The fourth-order valence-electron chi connectivity index (χ4n) is 0.905. The molecule has 0 aliphatic heterocycles. The van der Waals surface area contributed by atoms with Crippen molar-refractivity contribution in [2.45, 2.75) is 52.8 Å². The normalized spacial score (nSPS) is 20.7. The lowest BCUT2D eigenvalue weighted by Gasteiger charge is -2.10. The Balaban J connectivity index is 5.10. The molecule has 0 saturated carbocycles. The van der Waals surface area contributed by atoms with Crippen molar-refractivity contribution in [2.24, 2.45) is 5.92 Å². The fourth-order valence-corrected chi connectivity index (χ4v) is 0.905. The Kier molecular flexibility index (Phi) is 2.41. The minimum atomic E-state index is -2.26. The molecule has 0 amide bonds. The van der Waals surface area contributed by atoms with E-state index in [1.807, 2.05) is 13.8 Å². The summed E-state index contributed by atoms with van der Waals surface area (Å²) in [4.78, 5) is 0. The van der Waals surface area contributed by atoms with Gasteiger partial charge >= 0.3 is 0 Å². The molecule has 0 unspecified atom stereocenters. The van der Waals surface area contributed by atoms with Crippen molar-refractivity contribution in [2.75, 3.05) is 0 Å². The highest BCUT2D eigenvalue weighted by Gasteiger charge is 2.01. The van der Waals surface area contributed by atoms with Crippen LogP contribution < -0.4 is 0 Å². The second-order valence-electron chi connectivity index (χ2n) is 2.81. The van der Waals surface area contributed by atoms with Gasteiger partial charge in [-0.3, -0.25) is 0 Å². The first-order valence-electron chi connectivity index (χ1n) is 7.24. The van der Waals surface area contributed by atoms with Gasteiger partial charge in [0.15, 0.2) is 0 Å². The molecule has 66 valence electrons. The highest BCUT2D eigenvalue weighted by atomic mass is 14.1. The van der Waals surface area contributed by atoms with Crippen LogP contribution in [0.1, 0.15) is 61.0 Å². The third-order valence-corrected chi connectivity index (χ3v) is 1.82. The van der Waals surface area contributed by atoms with Gasteiger partial charge in [-0.15, -0.1) is 6.53 Å². The summed E-state index contributed by atoms with van der Waals surface area (Å²) in [6, 6.07) is 0. The summed E-state index contributed by atoms with van der Waals surface area (Å²) in [6.07, 6.45) is -2.56. The smallest absolute Gasteiger partial charge is 0.0537 e. The molecule has 0 fully saturated rings. The first-order valence-corrected chi connectivity index (χ1v) is 4.24. The maximum atomic E-state index is 7.88. The topological polar surface area (TPSA) is 0 Å². The van der Waals surface area contributed by atoms with Gasteiger partial charge in [0.1, 0.15) is 0 Å². The van der Waals surface area contributed by atoms with E-state index in [1.54, 1.807) is 0 Å². The van der Waals surface area contributed by atoms with Gasteiger partial charge < -0.3 is 0 Å². The van der Waals surface area contributed by atoms with E-state index in [0.717, 1.165) is 12.8 Å². The largest absolute Gasteiger partial charge is 0.100 e. The van der Waals surface area contributed by atoms with Gasteiger partial charge in [0.25, 0.3) is 0 Å². The second kappa shape index (κ2) is 6.45. The first kappa shape index (κ1) is 4.11. The lowest BCUT2D eigenvalue weighted by atomic mass is 9.96. The van der Waals surface area contributed by atoms with Crippen LogP contribution in [0.2, 0.25) is 0 Å². The predicted molar refractivity (Wildman–Crippen MR) is 52.7 cm³/mol. The molecule has 0 radical (unpaired) electrons. The molecule has 0 aromatic rings. The van der Waals surface area contributed by atoms with E-state index < -0.39 is 19.3 Å². The molecule has 0 aliphatic rings. The van der Waals surface area contributed by atoms with Crippen LogP contribution in [0.25, 0.3) is 0 Å². The highest BCUT2D eigenvalue weighted by molar-refractivity contribution is 4.87. The number of allylic oxidation sites excluding steroid dienone is 1. The summed E-state index contributed by atoms with van der Waals surface area (Å²) in [5, 5.41) is 0. The molecule has 0 bridgehead atoms. The van der Waals surface area contributed by atoms with E-state index in [1.165, 1.54) is 6.92 Å². The van der Waals surface area contributed by atoms with Crippen LogP contribution in [-0.4, -0.2) is 0 Å². The summed E-state index contributed by atoms with van der Waals surface area (Å²) < 4.78 is 45.6. The monoisotopic (exact) mass is 160 g/mol. The van der Waals surface area contributed by atoms with E-state index in [-0.39, 0.29) is 17.9 Å². The van der Waals surface area contributed by atoms with Crippen LogP contribution in [0.4, 0.5) is 0 Å². The van der Waals surface area contributed by atoms with Crippen molar-refractivity contribution in [1.29, 1.82) is 0 Å². The van der Waals surface area contributed by atoms with E-state index in [9.17, 15) is 0 Å². The molecule has 11 heavy (non-hydrogen) atoms. The van der Waals surface area contributed by atoms with Gasteiger partial charge in [-0.05, 0) is 25.6 Å². The summed E-state index contributed by atoms with van der Waals surface area (Å²) in [6.45, 7) is 4.61. The zero-order valence-corrected chi connectivity index (χ0v) is 7.70. The number of hydrogen-bond donors (Lipinski definition) is 0. The van der Waals surface area contributed by atoms with Crippen molar-refractivity contribution < 1.29 is 8.22 Å². The number of hydrogen-bond acceptors (Lipinski definition) is 0. The minimum Gasteiger partial charge on any atom is -0.100 e. The molecular formula is C11H22. The third-order valence-electron chi connectivity index (χ3n) is 1.82. The molecule has 0 saturated heterocycles. The average molecular weight is 160 g/mol. The first-order chi connectivity index (χ1) is 7.60. The van der Waals surface area contributed by atoms with Crippen LogP contribution in [0.3, 0.4) is 0 Å². The minimum absolute atomic E-state index is 0.123. The Morgan fingerprint density at radius 3 is 2.64 bits per heavy atom. The zero-order chi connectivity index (χ0) is 13.9. The van der Waals surface area contributed by atoms with Crippen molar-refractivity contribution >= 4 is 0 Å². The van der Waals surface area contributed by atoms with Crippen LogP contribution in [0.15, 0.2) is 12.1 Å². The molecule has 0 atom stereocenters. The molecule has 0 rings (SSSR count). The SMILES string of the molecule is [2H]C([2H])=C(C)C([2H])([2H])C([2H])([2H])CC(CC)CC. The molecule has 0 nitrogen and oxygen atoms in total. The zero-order valence-electron chi connectivity index (χ0n) is 13.7. The molecule has 0 heterocycles. The van der Waals surface area contributed by atoms with Gasteiger partial charge in [0, 0.05) is 5.48 Å². The molecule has 0 aromatic carbocycles. The van der Waals surface area contributed by atoms with Gasteiger partial charge in [0.05, 0.1) is 2.74 Å². The van der Waals surface area contributed by atoms with Crippen LogP contribution in [-0.2, 0) is 0 Å². The van der Waals surface area contributed by atoms with Crippen molar-refractivity contribution in [3.63, 3.8) is 0 Å². The lowest BCUT2D eigenvalue weighted by Crippen LogP contribution is -1.96. The lowest BCUT2D eigenvalue weighted by molar-refractivity contribution is 0.441. The van der Waals surface area contributed by atoms with Crippen molar-refractivity contribution in [1.82, 2.24) is 0 Å². The molecule has 0 aromatic heterocycles. The van der Waals surface area contributed by atoms with Crippen molar-refractivity contribution in [3.8, 4) is 0 Å². The highest BCUT2D eigenvalue weighted by Crippen LogP contribution is 2.17. The van der Waals surface area contributed by atoms with E-state index >= 15 is 0 Å². The Hall–Kier alpha value is -0.260. The van der Waals surface area contributed by atoms with E-state index in [2.05, 4.69) is 0 Å².